The van der Waals surface area contributed by atoms with Crippen LogP contribution in [0.3, 0.4) is 0 Å². The van der Waals surface area contributed by atoms with Crippen LogP contribution in [0.1, 0.15) is 40.5 Å². The summed E-state index contributed by atoms with van der Waals surface area (Å²) >= 11 is 0. The maximum absolute atomic E-state index is 12.0. The second kappa shape index (κ2) is 7.27. The Hall–Kier alpha value is -1.10. The summed E-state index contributed by atoms with van der Waals surface area (Å²) in [6, 6.07) is -0.564. The van der Waals surface area contributed by atoms with Crippen molar-refractivity contribution in [3.63, 3.8) is 0 Å². The molecule has 0 rings (SSSR count). The molecule has 17 heavy (non-hydrogen) atoms. The third-order valence-corrected chi connectivity index (χ3v) is 2.52. The maximum atomic E-state index is 12.0. The fraction of sp³-hybridized carbons (Fsp3) is 0.833. The molecule has 0 aliphatic rings. The number of carbonyl (C=O) groups is 2. The van der Waals surface area contributed by atoms with Crippen molar-refractivity contribution in [3.8, 4) is 0 Å². The SMILES string of the molecule is CC(C)CC(N)C(=O)N(CCC(=O)O)C(C)C. The van der Waals surface area contributed by atoms with Crippen LogP contribution in [0, 0.1) is 5.92 Å². The average molecular weight is 244 g/mol. The number of carboxylic acids is 1. The Kier molecular flexibility index (Phi) is 6.80. The second-order valence-electron chi connectivity index (χ2n) is 5.01. The van der Waals surface area contributed by atoms with Crippen molar-refractivity contribution in [2.24, 2.45) is 11.7 Å². The molecule has 0 aliphatic heterocycles. The van der Waals surface area contributed by atoms with Crippen LogP contribution in [-0.2, 0) is 9.59 Å². The van der Waals surface area contributed by atoms with Gasteiger partial charge in [-0.15, -0.1) is 0 Å². The average Bonchev–Trinajstić information content (AvgIpc) is 2.15. The number of carboxylic acid groups (broad SMARTS) is 1. The van der Waals surface area contributed by atoms with Gasteiger partial charge in [0.15, 0.2) is 0 Å². The van der Waals surface area contributed by atoms with Crippen molar-refractivity contribution in [1.29, 1.82) is 0 Å². The second-order valence-corrected chi connectivity index (χ2v) is 5.01. The molecule has 0 radical (unpaired) electrons. The molecule has 0 aromatic rings. The normalized spacial score (nSPS) is 12.9. The van der Waals surface area contributed by atoms with Crippen LogP contribution in [-0.4, -0.2) is 40.5 Å². The minimum absolute atomic E-state index is 0.0277. The lowest BCUT2D eigenvalue weighted by atomic mass is 10.0. The zero-order chi connectivity index (χ0) is 13.6. The minimum Gasteiger partial charge on any atom is -0.481 e. The smallest absolute Gasteiger partial charge is 0.305 e. The molecule has 5 heteroatoms. The number of nitrogens with two attached hydrogens (primary N) is 1. The van der Waals surface area contributed by atoms with Gasteiger partial charge < -0.3 is 15.7 Å². The van der Waals surface area contributed by atoms with Crippen LogP contribution in [0.2, 0.25) is 0 Å². The number of nitrogens with zero attached hydrogens (tertiary/aromatic N) is 1. The van der Waals surface area contributed by atoms with Crippen molar-refractivity contribution in [3.05, 3.63) is 0 Å². The van der Waals surface area contributed by atoms with E-state index in [0.717, 1.165) is 0 Å². The molecule has 0 bridgehead atoms. The molecule has 1 unspecified atom stereocenters. The Bertz CT molecular complexity index is 264. The first-order valence-electron chi connectivity index (χ1n) is 6.03. The molecule has 0 aromatic heterocycles. The van der Waals surface area contributed by atoms with Crippen LogP contribution in [0.4, 0.5) is 0 Å². The van der Waals surface area contributed by atoms with Gasteiger partial charge in [0.25, 0.3) is 0 Å². The predicted octanol–water partition coefficient (Wildman–Crippen LogP) is 1.07. The van der Waals surface area contributed by atoms with Gasteiger partial charge >= 0.3 is 5.97 Å². The molecule has 1 atom stereocenters. The molecule has 0 aromatic carbocycles. The Labute approximate surface area is 103 Å². The summed E-state index contributed by atoms with van der Waals surface area (Å²) < 4.78 is 0. The van der Waals surface area contributed by atoms with Gasteiger partial charge in [-0.05, 0) is 26.2 Å². The standard InChI is InChI=1S/C12H24N2O3/c1-8(2)7-10(13)12(17)14(9(3)4)6-5-11(15)16/h8-10H,5-7,13H2,1-4H3,(H,15,16). The number of aliphatic carboxylic acids is 1. The van der Waals surface area contributed by atoms with Crippen molar-refractivity contribution >= 4 is 11.9 Å². The van der Waals surface area contributed by atoms with Gasteiger partial charge in [0.2, 0.25) is 5.91 Å². The number of hydrogen-bond acceptors (Lipinski definition) is 3. The predicted molar refractivity (Wildman–Crippen MR) is 66.5 cm³/mol. The molecule has 1 amide bonds. The Morgan fingerprint density at radius 2 is 1.76 bits per heavy atom. The highest BCUT2D eigenvalue weighted by Gasteiger charge is 2.24. The van der Waals surface area contributed by atoms with Gasteiger partial charge in [-0.3, -0.25) is 9.59 Å². The van der Waals surface area contributed by atoms with Gasteiger partial charge in [-0.2, -0.15) is 0 Å². The van der Waals surface area contributed by atoms with Crippen LogP contribution in [0.25, 0.3) is 0 Å². The number of carbonyl (C=O) groups excluding carboxylic acids is 1. The topological polar surface area (TPSA) is 83.6 Å². The summed E-state index contributed by atoms with van der Waals surface area (Å²) in [5.74, 6) is -0.710. The molecule has 0 spiro atoms. The van der Waals surface area contributed by atoms with E-state index in [2.05, 4.69) is 0 Å². The number of hydrogen-bond donors (Lipinski definition) is 2. The van der Waals surface area contributed by atoms with Crippen molar-refractivity contribution in [2.45, 2.75) is 52.6 Å². The summed E-state index contributed by atoms with van der Waals surface area (Å²) in [6.07, 6.45) is 0.577. The number of amides is 1. The van der Waals surface area contributed by atoms with E-state index < -0.39 is 12.0 Å². The fourth-order valence-corrected chi connectivity index (χ4v) is 1.66. The van der Waals surface area contributed by atoms with E-state index in [0.29, 0.717) is 12.3 Å². The molecule has 100 valence electrons. The Morgan fingerprint density at radius 1 is 1.24 bits per heavy atom. The Balaban J connectivity index is 4.48. The first-order valence-corrected chi connectivity index (χ1v) is 6.03. The van der Waals surface area contributed by atoms with Crippen molar-refractivity contribution in [1.82, 2.24) is 4.90 Å². The summed E-state index contributed by atoms with van der Waals surface area (Å²) in [5.41, 5.74) is 5.82. The van der Waals surface area contributed by atoms with Crippen LogP contribution >= 0.6 is 0 Å². The fourth-order valence-electron chi connectivity index (χ4n) is 1.66. The van der Waals surface area contributed by atoms with Crippen molar-refractivity contribution < 1.29 is 14.7 Å². The van der Waals surface area contributed by atoms with E-state index in [-0.39, 0.29) is 24.9 Å². The summed E-state index contributed by atoms with van der Waals surface area (Å²) in [4.78, 5) is 24.1. The molecular weight excluding hydrogens is 220 g/mol. The van der Waals surface area contributed by atoms with Gasteiger partial charge in [-0.25, -0.2) is 0 Å². The largest absolute Gasteiger partial charge is 0.481 e. The molecule has 0 saturated heterocycles. The minimum atomic E-state index is -0.902. The first kappa shape index (κ1) is 15.9. The monoisotopic (exact) mass is 244 g/mol. The van der Waals surface area contributed by atoms with E-state index >= 15 is 0 Å². The van der Waals surface area contributed by atoms with Crippen molar-refractivity contribution in [2.75, 3.05) is 6.54 Å². The molecule has 3 N–H and O–H groups in total. The lowest BCUT2D eigenvalue weighted by molar-refractivity contribution is -0.139. The summed E-state index contributed by atoms with van der Waals surface area (Å²) in [7, 11) is 0. The van der Waals surface area contributed by atoms with Crippen LogP contribution in [0.5, 0.6) is 0 Å². The third kappa shape index (κ3) is 6.26. The summed E-state index contributed by atoms with van der Waals surface area (Å²) in [5, 5.41) is 8.64. The molecule has 5 nitrogen and oxygen atoms in total. The molecular formula is C12H24N2O3. The van der Waals surface area contributed by atoms with Crippen LogP contribution in [0.15, 0.2) is 0 Å². The Morgan fingerprint density at radius 3 is 2.12 bits per heavy atom. The van der Waals surface area contributed by atoms with E-state index in [4.69, 9.17) is 10.8 Å². The zero-order valence-electron chi connectivity index (χ0n) is 11.1. The highest BCUT2D eigenvalue weighted by atomic mass is 16.4. The molecule has 0 saturated carbocycles. The van der Waals surface area contributed by atoms with Gasteiger partial charge in [0, 0.05) is 12.6 Å². The highest BCUT2D eigenvalue weighted by Crippen LogP contribution is 2.09. The quantitative estimate of drug-likeness (QED) is 0.701. The first-order chi connectivity index (χ1) is 7.75. The lowest BCUT2D eigenvalue weighted by Gasteiger charge is -2.29. The van der Waals surface area contributed by atoms with E-state index in [1.54, 1.807) is 4.90 Å². The van der Waals surface area contributed by atoms with E-state index in [1.807, 2.05) is 27.7 Å². The molecule has 0 heterocycles. The van der Waals surface area contributed by atoms with Crippen LogP contribution < -0.4 is 5.73 Å². The highest BCUT2D eigenvalue weighted by molar-refractivity contribution is 5.82. The lowest BCUT2D eigenvalue weighted by Crippen LogP contribution is -2.48. The van der Waals surface area contributed by atoms with Gasteiger partial charge in [-0.1, -0.05) is 13.8 Å². The summed E-state index contributed by atoms with van der Waals surface area (Å²) in [6.45, 7) is 7.95. The third-order valence-electron chi connectivity index (χ3n) is 2.52. The zero-order valence-corrected chi connectivity index (χ0v) is 11.1. The van der Waals surface area contributed by atoms with E-state index in [1.165, 1.54) is 0 Å². The van der Waals surface area contributed by atoms with E-state index in [9.17, 15) is 9.59 Å². The number of rotatable bonds is 7. The van der Waals surface area contributed by atoms with Gasteiger partial charge in [0.05, 0.1) is 12.5 Å². The maximum Gasteiger partial charge on any atom is 0.305 e. The molecule has 0 aliphatic carbocycles. The van der Waals surface area contributed by atoms with Gasteiger partial charge in [0.1, 0.15) is 0 Å². The molecule has 0 fully saturated rings.